The number of pyridine rings is 1. The van der Waals surface area contributed by atoms with E-state index in [-0.39, 0.29) is 0 Å². The number of benzene rings is 3. The zero-order chi connectivity index (χ0) is 22.0. The number of hydrogen-bond acceptors (Lipinski definition) is 1. The predicted octanol–water partition coefficient (Wildman–Crippen LogP) is 7.18. The van der Waals surface area contributed by atoms with Gasteiger partial charge >= 0.3 is 0 Å². The molecule has 2 nitrogen and oxygen atoms in total. The molecule has 0 spiro atoms. The Hall–Kier alpha value is -3.39. The zero-order valence-corrected chi connectivity index (χ0v) is 19.2. The first-order chi connectivity index (χ1) is 15.4. The van der Waals surface area contributed by atoms with Crippen LogP contribution in [0.1, 0.15) is 30.5 Å². The van der Waals surface area contributed by atoms with E-state index in [0.29, 0.717) is 5.41 Å². The van der Waals surface area contributed by atoms with Gasteiger partial charge in [0, 0.05) is 28.5 Å². The molecule has 158 valence electrons. The highest BCUT2D eigenvalue weighted by Crippen LogP contribution is 2.43. The van der Waals surface area contributed by atoms with Crippen LogP contribution < -0.4 is 4.57 Å². The molecule has 0 amide bonds. The molecule has 0 saturated carbocycles. The smallest absolute Gasteiger partial charge is 0.213 e. The summed E-state index contributed by atoms with van der Waals surface area (Å²) in [6.45, 7) is 6.91. The van der Waals surface area contributed by atoms with E-state index in [1.807, 2.05) is 0 Å². The van der Waals surface area contributed by atoms with Gasteiger partial charge < -0.3 is 4.42 Å². The summed E-state index contributed by atoms with van der Waals surface area (Å²) in [5.41, 5.74) is 11.4. The maximum atomic E-state index is 6.55. The van der Waals surface area contributed by atoms with Crippen molar-refractivity contribution in [1.29, 1.82) is 0 Å². The summed E-state index contributed by atoms with van der Waals surface area (Å²) in [6, 6.07) is 24.2. The van der Waals surface area contributed by atoms with E-state index < -0.39 is 0 Å². The Bertz CT molecular complexity index is 1520. The maximum absolute atomic E-state index is 6.55. The second-order valence-corrected chi connectivity index (χ2v) is 10.1. The SMILES string of the molecule is Cc1ccc2oc3c(-c4ccc5c(c4)CC(C)(C)C5)cccc3c2c1-c1cccc[n+]1C. The van der Waals surface area contributed by atoms with E-state index in [2.05, 4.69) is 105 Å². The van der Waals surface area contributed by atoms with Crippen LogP contribution in [0.2, 0.25) is 0 Å². The summed E-state index contributed by atoms with van der Waals surface area (Å²) in [4.78, 5) is 0. The summed E-state index contributed by atoms with van der Waals surface area (Å²) in [5, 5.41) is 2.38. The van der Waals surface area contributed by atoms with E-state index in [9.17, 15) is 0 Å². The van der Waals surface area contributed by atoms with Crippen LogP contribution in [0.4, 0.5) is 0 Å². The summed E-state index contributed by atoms with van der Waals surface area (Å²) >= 11 is 0. The lowest BCUT2D eigenvalue weighted by Crippen LogP contribution is -2.30. The summed E-state index contributed by atoms with van der Waals surface area (Å²) in [6.07, 6.45) is 4.40. The van der Waals surface area contributed by atoms with Crippen molar-refractivity contribution in [2.45, 2.75) is 33.6 Å². The van der Waals surface area contributed by atoms with Gasteiger partial charge in [0.1, 0.15) is 18.2 Å². The van der Waals surface area contributed by atoms with Crippen LogP contribution in [0, 0.1) is 12.3 Å². The number of hydrogen-bond donors (Lipinski definition) is 0. The molecule has 0 aliphatic heterocycles. The molecular formula is C30H28NO+. The minimum atomic E-state index is 0.351. The minimum absolute atomic E-state index is 0.351. The van der Waals surface area contributed by atoms with Gasteiger partial charge in [-0.25, -0.2) is 4.57 Å². The van der Waals surface area contributed by atoms with Gasteiger partial charge in [0.25, 0.3) is 0 Å². The van der Waals surface area contributed by atoms with Gasteiger partial charge in [0.15, 0.2) is 6.20 Å². The molecule has 1 aliphatic carbocycles. The van der Waals surface area contributed by atoms with E-state index in [1.54, 1.807) is 0 Å². The maximum Gasteiger partial charge on any atom is 0.213 e. The molecule has 0 N–H and O–H groups in total. The molecule has 2 heterocycles. The minimum Gasteiger partial charge on any atom is -0.455 e. The highest BCUT2D eigenvalue weighted by Gasteiger charge is 2.28. The second-order valence-electron chi connectivity index (χ2n) is 10.1. The van der Waals surface area contributed by atoms with Crippen molar-refractivity contribution >= 4 is 21.9 Å². The first kappa shape index (κ1) is 19.3. The number of furan rings is 1. The molecular weight excluding hydrogens is 390 g/mol. The molecule has 3 aromatic carbocycles. The molecule has 1 aliphatic rings. The number of fused-ring (bicyclic) bond motifs is 4. The van der Waals surface area contributed by atoms with Gasteiger partial charge in [-0.1, -0.05) is 56.3 Å². The highest BCUT2D eigenvalue weighted by atomic mass is 16.3. The Morgan fingerprint density at radius 2 is 1.72 bits per heavy atom. The van der Waals surface area contributed by atoms with Crippen molar-refractivity contribution < 1.29 is 8.98 Å². The molecule has 0 atom stereocenters. The first-order valence-corrected chi connectivity index (χ1v) is 11.4. The van der Waals surface area contributed by atoms with Gasteiger partial charge in [0.2, 0.25) is 5.69 Å². The summed E-state index contributed by atoms with van der Waals surface area (Å²) in [5.74, 6) is 0. The molecule has 6 rings (SSSR count). The van der Waals surface area contributed by atoms with Crippen molar-refractivity contribution in [3.63, 3.8) is 0 Å². The average Bonchev–Trinajstić information content (AvgIpc) is 3.29. The number of para-hydroxylation sites is 1. The van der Waals surface area contributed by atoms with E-state index >= 15 is 0 Å². The number of nitrogens with zero attached hydrogens (tertiary/aromatic N) is 1. The van der Waals surface area contributed by atoms with Crippen LogP contribution in [0.25, 0.3) is 44.3 Å². The Labute approximate surface area is 189 Å². The molecule has 32 heavy (non-hydrogen) atoms. The lowest BCUT2D eigenvalue weighted by molar-refractivity contribution is -0.660. The van der Waals surface area contributed by atoms with Crippen molar-refractivity contribution in [2.24, 2.45) is 12.5 Å². The van der Waals surface area contributed by atoms with Crippen LogP contribution in [-0.4, -0.2) is 0 Å². The topological polar surface area (TPSA) is 17.0 Å². The molecule has 0 fully saturated rings. The van der Waals surface area contributed by atoms with Crippen LogP contribution in [-0.2, 0) is 19.9 Å². The number of aryl methyl sites for hydroxylation is 2. The lowest BCUT2D eigenvalue weighted by Gasteiger charge is -2.14. The third-order valence-corrected chi connectivity index (χ3v) is 7.04. The third-order valence-electron chi connectivity index (χ3n) is 7.04. The van der Waals surface area contributed by atoms with Gasteiger partial charge in [-0.05, 0) is 59.6 Å². The summed E-state index contributed by atoms with van der Waals surface area (Å²) < 4.78 is 8.73. The van der Waals surface area contributed by atoms with Crippen LogP contribution in [0.15, 0.2) is 77.3 Å². The fourth-order valence-electron chi connectivity index (χ4n) is 5.56. The summed E-state index contributed by atoms with van der Waals surface area (Å²) in [7, 11) is 2.10. The van der Waals surface area contributed by atoms with Crippen LogP contribution in [0.5, 0.6) is 0 Å². The fourth-order valence-corrected chi connectivity index (χ4v) is 5.56. The van der Waals surface area contributed by atoms with Crippen molar-refractivity contribution in [3.05, 3.63) is 89.6 Å². The van der Waals surface area contributed by atoms with Crippen LogP contribution >= 0.6 is 0 Å². The monoisotopic (exact) mass is 418 g/mol. The van der Waals surface area contributed by atoms with Gasteiger partial charge in [-0.3, -0.25) is 0 Å². The van der Waals surface area contributed by atoms with Gasteiger partial charge in [0.05, 0.1) is 5.56 Å². The number of aromatic nitrogens is 1. The molecule has 0 bridgehead atoms. The first-order valence-electron chi connectivity index (χ1n) is 11.4. The van der Waals surface area contributed by atoms with E-state index in [1.165, 1.54) is 49.8 Å². The van der Waals surface area contributed by atoms with Crippen molar-refractivity contribution in [3.8, 4) is 22.4 Å². The zero-order valence-electron chi connectivity index (χ0n) is 19.2. The van der Waals surface area contributed by atoms with E-state index in [4.69, 9.17) is 4.42 Å². The van der Waals surface area contributed by atoms with Crippen molar-refractivity contribution in [2.75, 3.05) is 0 Å². The molecule has 0 saturated heterocycles. The molecule has 0 radical (unpaired) electrons. The Morgan fingerprint density at radius 3 is 2.56 bits per heavy atom. The molecule has 2 heteroatoms. The van der Waals surface area contributed by atoms with Gasteiger partial charge in [-0.2, -0.15) is 0 Å². The second kappa shape index (κ2) is 6.80. The highest BCUT2D eigenvalue weighted by molar-refractivity contribution is 6.15. The molecule has 0 unspecified atom stereocenters. The standard InChI is InChI=1S/C30H28NO/c1-19-11-14-26-28(27(19)25-10-5-6-15-31(25)4)24-9-7-8-23(29(24)32-26)20-12-13-21-17-30(2,3)18-22(21)16-20/h5-16H,17-18H2,1-4H3/q+1. The fraction of sp³-hybridized carbons (Fsp3) is 0.233. The predicted molar refractivity (Wildman–Crippen MR) is 132 cm³/mol. The van der Waals surface area contributed by atoms with Gasteiger partial charge in [-0.15, -0.1) is 0 Å². The van der Waals surface area contributed by atoms with E-state index in [0.717, 1.165) is 24.0 Å². The largest absolute Gasteiger partial charge is 0.455 e. The Morgan fingerprint density at radius 1 is 0.875 bits per heavy atom. The Kier molecular flexibility index (Phi) is 4.10. The quantitative estimate of drug-likeness (QED) is 0.278. The number of rotatable bonds is 2. The third kappa shape index (κ3) is 2.90. The lowest BCUT2D eigenvalue weighted by atomic mass is 9.90. The average molecular weight is 419 g/mol. The molecule has 2 aromatic heterocycles. The van der Waals surface area contributed by atoms with Crippen molar-refractivity contribution in [1.82, 2.24) is 0 Å². The Balaban J connectivity index is 1.61. The molecule has 5 aromatic rings. The normalized spacial score (nSPS) is 14.9. The van der Waals surface area contributed by atoms with Crippen LogP contribution in [0.3, 0.4) is 0 Å².